The number of fused-ring (bicyclic) bond motifs is 1. The van der Waals surface area contributed by atoms with Crippen LogP contribution in [0, 0.1) is 5.92 Å². The van der Waals surface area contributed by atoms with Crippen molar-refractivity contribution >= 4 is 34.4 Å². The van der Waals surface area contributed by atoms with Gasteiger partial charge in [0.1, 0.15) is 0 Å². The molecule has 1 fully saturated rings. The number of Topliss-reactive ketones (excluding diaryl/α,β-unsaturated/α-hetero) is 1. The molecule has 7 nitrogen and oxygen atoms in total. The highest BCUT2D eigenvalue weighted by molar-refractivity contribution is 6.10. The van der Waals surface area contributed by atoms with Crippen LogP contribution in [0.3, 0.4) is 0 Å². The van der Waals surface area contributed by atoms with Crippen LogP contribution in [-0.2, 0) is 9.53 Å². The zero-order valence-electron chi connectivity index (χ0n) is 17.3. The van der Waals surface area contributed by atoms with Gasteiger partial charge in [0.25, 0.3) is 0 Å². The SMILES string of the molecule is C[C@@H](OC(=O)[C@@H]1CCCN(C(=O)Nc2ccccc2)C1)C(=O)c1c[nH]c2ccccc12. The number of aromatic amines is 1. The van der Waals surface area contributed by atoms with E-state index in [0.717, 1.165) is 10.9 Å². The number of nitrogens with one attached hydrogen (secondary N) is 2. The largest absolute Gasteiger partial charge is 0.454 e. The first-order valence-electron chi connectivity index (χ1n) is 10.4. The molecule has 2 amide bonds. The molecule has 4 rings (SSSR count). The number of rotatable bonds is 5. The normalized spacial score (nSPS) is 17.2. The molecule has 1 aliphatic rings. The Kier molecular flexibility index (Phi) is 6.02. The van der Waals surface area contributed by atoms with Crippen LogP contribution in [0.4, 0.5) is 10.5 Å². The zero-order chi connectivity index (χ0) is 21.8. The summed E-state index contributed by atoms with van der Waals surface area (Å²) in [6.45, 7) is 2.43. The lowest BCUT2D eigenvalue weighted by Gasteiger charge is -2.32. The number of hydrogen-bond donors (Lipinski definition) is 2. The summed E-state index contributed by atoms with van der Waals surface area (Å²) in [5.41, 5.74) is 2.07. The van der Waals surface area contributed by atoms with Crippen molar-refractivity contribution < 1.29 is 19.1 Å². The van der Waals surface area contributed by atoms with E-state index < -0.39 is 18.0 Å². The fraction of sp³-hybridized carbons (Fsp3) is 0.292. The van der Waals surface area contributed by atoms with Crippen molar-refractivity contribution in [2.24, 2.45) is 5.92 Å². The molecule has 0 aliphatic carbocycles. The Labute approximate surface area is 180 Å². The molecule has 0 bridgehead atoms. The first-order chi connectivity index (χ1) is 15.0. The summed E-state index contributed by atoms with van der Waals surface area (Å²) >= 11 is 0. The molecule has 2 aromatic carbocycles. The fourth-order valence-corrected chi connectivity index (χ4v) is 3.90. The summed E-state index contributed by atoms with van der Waals surface area (Å²) < 4.78 is 5.51. The molecular weight excluding hydrogens is 394 g/mol. The summed E-state index contributed by atoms with van der Waals surface area (Å²) in [6, 6.07) is 16.4. The number of ketones is 1. The van der Waals surface area contributed by atoms with Crippen LogP contribution >= 0.6 is 0 Å². The molecule has 1 aromatic heterocycles. The number of carbonyl (C=O) groups excluding carboxylic acids is 3. The van der Waals surface area contributed by atoms with Crippen LogP contribution in [0.1, 0.15) is 30.1 Å². The number of anilines is 1. The Morgan fingerprint density at radius 1 is 1.10 bits per heavy atom. The Morgan fingerprint density at radius 3 is 2.65 bits per heavy atom. The number of aromatic nitrogens is 1. The third kappa shape index (κ3) is 4.60. The Hall–Kier alpha value is -3.61. The highest BCUT2D eigenvalue weighted by atomic mass is 16.5. The van der Waals surface area contributed by atoms with Gasteiger partial charge in [-0.3, -0.25) is 9.59 Å². The zero-order valence-corrected chi connectivity index (χ0v) is 17.3. The van der Waals surface area contributed by atoms with Crippen molar-refractivity contribution in [1.82, 2.24) is 9.88 Å². The second kappa shape index (κ2) is 9.04. The van der Waals surface area contributed by atoms with Gasteiger partial charge < -0.3 is 19.9 Å². The van der Waals surface area contributed by atoms with E-state index in [9.17, 15) is 14.4 Å². The number of H-pyrrole nitrogens is 1. The van der Waals surface area contributed by atoms with E-state index in [4.69, 9.17) is 4.74 Å². The maximum absolute atomic E-state index is 12.8. The van der Waals surface area contributed by atoms with Gasteiger partial charge in [-0.05, 0) is 38.0 Å². The molecule has 2 N–H and O–H groups in total. The number of likely N-dealkylation sites (tertiary alicyclic amines) is 1. The second-order valence-corrected chi connectivity index (χ2v) is 7.77. The lowest BCUT2D eigenvalue weighted by Crippen LogP contribution is -2.45. The van der Waals surface area contributed by atoms with E-state index in [1.54, 1.807) is 18.0 Å². The first-order valence-corrected chi connectivity index (χ1v) is 10.4. The Morgan fingerprint density at radius 2 is 1.84 bits per heavy atom. The van der Waals surface area contributed by atoms with Gasteiger partial charge in [0.15, 0.2) is 6.10 Å². The molecule has 3 aromatic rings. The van der Waals surface area contributed by atoms with Crippen LogP contribution in [0.2, 0.25) is 0 Å². The summed E-state index contributed by atoms with van der Waals surface area (Å²) in [5.74, 6) is -1.15. The van der Waals surface area contributed by atoms with Crippen molar-refractivity contribution in [1.29, 1.82) is 0 Å². The quantitative estimate of drug-likeness (QED) is 0.478. The third-order valence-corrected chi connectivity index (χ3v) is 5.58. The molecule has 0 unspecified atom stereocenters. The van der Waals surface area contributed by atoms with Crippen LogP contribution in [0.25, 0.3) is 10.9 Å². The minimum absolute atomic E-state index is 0.244. The summed E-state index contributed by atoms with van der Waals surface area (Å²) in [4.78, 5) is 42.8. The van der Waals surface area contributed by atoms with Gasteiger partial charge in [0.05, 0.1) is 5.92 Å². The van der Waals surface area contributed by atoms with E-state index in [2.05, 4.69) is 10.3 Å². The molecular formula is C24H25N3O4. The van der Waals surface area contributed by atoms with Crippen molar-refractivity contribution in [3.8, 4) is 0 Å². The van der Waals surface area contributed by atoms with Gasteiger partial charge in [-0.1, -0.05) is 36.4 Å². The van der Waals surface area contributed by atoms with Crippen molar-refractivity contribution in [3.05, 3.63) is 66.4 Å². The maximum atomic E-state index is 12.8. The summed E-state index contributed by atoms with van der Waals surface area (Å²) in [5, 5.41) is 3.65. The molecule has 0 saturated carbocycles. The van der Waals surface area contributed by atoms with Crippen molar-refractivity contribution in [3.63, 3.8) is 0 Å². The molecule has 7 heteroatoms. The number of amides is 2. The van der Waals surface area contributed by atoms with Gasteiger partial charge in [-0.25, -0.2) is 4.79 Å². The van der Waals surface area contributed by atoms with Crippen LogP contribution in [-0.4, -0.2) is 46.9 Å². The van der Waals surface area contributed by atoms with E-state index >= 15 is 0 Å². The predicted octanol–water partition coefficient (Wildman–Crippen LogP) is 4.23. The van der Waals surface area contributed by atoms with Gasteiger partial charge in [0.2, 0.25) is 5.78 Å². The first kappa shape index (κ1) is 20.7. The second-order valence-electron chi connectivity index (χ2n) is 7.77. The van der Waals surface area contributed by atoms with Gasteiger partial charge >= 0.3 is 12.0 Å². The monoisotopic (exact) mass is 419 g/mol. The third-order valence-electron chi connectivity index (χ3n) is 5.58. The average molecular weight is 419 g/mol. The average Bonchev–Trinajstić information content (AvgIpc) is 3.23. The minimum atomic E-state index is -0.903. The Balaban J connectivity index is 1.36. The van der Waals surface area contributed by atoms with Gasteiger partial charge in [-0.2, -0.15) is 0 Å². The molecule has 31 heavy (non-hydrogen) atoms. The lowest BCUT2D eigenvalue weighted by molar-refractivity contribution is -0.152. The number of ether oxygens (including phenoxy) is 1. The molecule has 1 saturated heterocycles. The number of benzene rings is 2. The highest BCUT2D eigenvalue weighted by Crippen LogP contribution is 2.23. The number of esters is 1. The molecule has 2 heterocycles. The lowest BCUT2D eigenvalue weighted by atomic mass is 9.98. The number of carbonyl (C=O) groups is 3. The predicted molar refractivity (Wildman–Crippen MR) is 118 cm³/mol. The molecule has 0 spiro atoms. The fourth-order valence-electron chi connectivity index (χ4n) is 3.90. The smallest absolute Gasteiger partial charge is 0.321 e. The molecule has 2 atom stereocenters. The standard InChI is InChI=1S/C24H25N3O4/c1-16(22(28)20-14-25-21-12-6-5-11-19(20)21)31-23(29)17-8-7-13-27(15-17)24(30)26-18-9-3-2-4-10-18/h2-6,9-12,14,16-17,25H,7-8,13,15H2,1H3,(H,26,30)/t16-,17-/m1/s1. The minimum Gasteiger partial charge on any atom is -0.454 e. The maximum Gasteiger partial charge on any atom is 0.321 e. The molecule has 160 valence electrons. The van der Waals surface area contributed by atoms with Crippen LogP contribution in [0.5, 0.6) is 0 Å². The van der Waals surface area contributed by atoms with Crippen molar-refractivity contribution in [2.75, 3.05) is 18.4 Å². The highest BCUT2D eigenvalue weighted by Gasteiger charge is 2.32. The number of urea groups is 1. The number of hydrogen-bond acceptors (Lipinski definition) is 4. The van der Waals surface area contributed by atoms with Crippen molar-refractivity contribution in [2.45, 2.75) is 25.9 Å². The number of nitrogens with zero attached hydrogens (tertiary/aromatic N) is 1. The summed E-state index contributed by atoms with van der Waals surface area (Å²) in [7, 11) is 0. The summed E-state index contributed by atoms with van der Waals surface area (Å²) in [6.07, 6.45) is 2.07. The Bertz CT molecular complexity index is 1090. The van der Waals surface area contributed by atoms with E-state index in [-0.39, 0.29) is 18.4 Å². The van der Waals surface area contributed by atoms with Gasteiger partial charge in [-0.15, -0.1) is 0 Å². The molecule has 0 radical (unpaired) electrons. The van der Waals surface area contributed by atoms with Crippen LogP contribution in [0.15, 0.2) is 60.8 Å². The number of para-hydroxylation sites is 2. The van der Waals surface area contributed by atoms with E-state index in [1.165, 1.54) is 0 Å². The van der Waals surface area contributed by atoms with Gasteiger partial charge in [0, 0.05) is 41.4 Å². The number of piperidine rings is 1. The van der Waals surface area contributed by atoms with E-state index in [1.807, 2.05) is 54.6 Å². The topological polar surface area (TPSA) is 91.5 Å². The van der Waals surface area contributed by atoms with Crippen LogP contribution < -0.4 is 5.32 Å². The van der Waals surface area contributed by atoms with E-state index in [0.29, 0.717) is 30.6 Å². The molecule has 1 aliphatic heterocycles.